The minimum absolute atomic E-state index is 0.0341. The fourth-order valence-corrected chi connectivity index (χ4v) is 5.56. The molecule has 45 heavy (non-hydrogen) atoms. The van der Waals surface area contributed by atoms with Crippen molar-refractivity contribution in [1.29, 1.82) is 0 Å². The van der Waals surface area contributed by atoms with Crippen LogP contribution in [0.15, 0.2) is 90.3 Å². The molecule has 0 unspecified atom stereocenters. The molecule has 0 spiro atoms. The SMILES string of the molecule is O=C(NCc1ccn2ccnc2c1)c1ccc(S(=O)(=O)Cc2ccn(C(=O)NCC(F)(F)F)n2)c(C#Cc2ccc(F)cc2)c1. The van der Waals surface area contributed by atoms with Gasteiger partial charge in [0.15, 0.2) is 9.84 Å². The molecule has 2 amide bonds. The van der Waals surface area contributed by atoms with Crippen molar-refractivity contribution in [1.82, 2.24) is 29.8 Å². The molecule has 0 aliphatic carbocycles. The molecule has 0 fully saturated rings. The number of rotatable bonds is 7. The van der Waals surface area contributed by atoms with Crippen LogP contribution in [-0.4, -0.2) is 52.2 Å². The number of sulfone groups is 1. The Hall–Kier alpha value is -5.49. The minimum atomic E-state index is -4.64. The number of fused-ring (bicyclic) bond motifs is 1. The topological polar surface area (TPSA) is 127 Å². The first-order valence-electron chi connectivity index (χ1n) is 13.1. The number of halogens is 4. The second kappa shape index (κ2) is 12.6. The van der Waals surface area contributed by atoms with Crippen LogP contribution in [0.1, 0.15) is 32.7 Å². The number of imidazole rings is 1. The molecule has 0 aliphatic rings. The Balaban J connectivity index is 1.39. The highest BCUT2D eigenvalue weighted by Crippen LogP contribution is 2.22. The molecule has 2 N–H and O–H groups in total. The summed E-state index contributed by atoms with van der Waals surface area (Å²) in [7, 11) is -4.21. The zero-order chi connectivity index (χ0) is 32.2. The van der Waals surface area contributed by atoms with Gasteiger partial charge in [0, 0.05) is 48.0 Å². The van der Waals surface area contributed by atoms with Crippen LogP contribution < -0.4 is 10.6 Å². The maximum atomic E-state index is 13.5. The molecule has 0 radical (unpaired) electrons. The first kappa shape index (κ1) is 31.0. The summed E-state index contributed by atoms with van der Waals surface area (Å²) in [6.45, 7) is -1.42. The molecule has 0 aliphatic heterocycles. The summed E-state index contributed by atoms with van der Waals surface area (Å²) in [6.07, 6.45) is 1.61. The third-order valence-electron chi connectivity index (χ3n) is 6.31. The summed E-state index contributed by atoms with van der Waals surface area (Å²) in [5, 5.41) is 8.20. The van der Waals surface area contributed by atoms with Crippen LogP contribution in [0.2, 0.25) is 0 Å². The second-order valence-corrected chi connectivity index (χ2v) is 11.6. The molecule has 0 saturated heterocycles. The van der Waals surface area contributed by atoms with Gasteiger partial charge in [0.1, 0.15) is 18.0 Å². The number of nitrogens with one attached hydrogen (secondary N) is 2. The van der Waals surface area contributed by atoms with E-state index in [9.17, 15) is 35.6 Å². The summed E-state index contributed by atoms with van der Waals surface area (Å²) in [6, 6.07) is 12.6. The van der Waals surface area contributed by atoms with Gasteiger partial charge in [-0.05, 0) is 66.2 Å². The van der Waals surface area contributed by atoms with Crippen molar-refractivity contribution in [2.75, 3.05) is 6.54 Å². The van der Waals surface area contributed by atoms with E-state index in [4.69, 9.17) is 0 Å². The van der Waals surface area contributed by atoms with Crippen LogP contribution in [0.4, 0.5) is 22.4 Å². The van der Waals surface area contributed by atoms with Gasteiger partial charge in [-0.25, -0.2) is 22.6 Å². The van der Waals surface area contributed by atoms with Crippen molar-refractivity contribution in [2.45, 2.75) is 23.4 Å². The van der Waals surface area contributed by atoms with E-state index in [2.05, 4.69) is 27.2 Å². The number of amides is 2. The maximum absolute atomic E-state index is 13.5. The molecule has 0 atom stereocenters. The minimum Gasteiger partial charge on any atom is -0.348 e. The van der Waals surface area contributed by atoms with Crippen molar-refractivity contribution in [3.8, 4) is 11.8 Å². The Kier molecular flexibility index (Phi) is 8.68. The molecule has 230 valence electrons. The van der Waals surface area contributed by atoms with Crippen molar-refractivity contribution >= 4 is 27.4 Å². The van der Waals surface area contributed by atoms with Crippen molar-refractivity contribution < 1.29 is 35.6 Å². The molecule has 0 saturated carbocycles. The van der Waals surface area contributed by atoms with E-state index in [1.54, 1.807) is 30.0 Å². The molecule has 5 rings (SSSR count). The third-order valence-corrected chi connectivity index (χ3v) is 8.01. The van der Waals surface area contributed by atoms with E-state index >= 15 is 0 Å². The largest absolute Gasteiger partial charge is 0.405 e. The second-order valence-electron chi connectivity index (χ2n) is 9.66. The highest BCUT2D eigenvalue weighted by Gasteiger charge is 2.28. The molecular formula is C30H22F4N6O4S. The van der Waals surface area contributed by atoms with E-state index in [0.29, 0.717) is 15.9 Å². The Morgan fingerprint density at radius 2 is 1.69 bits per heavy atom. The quantitative estimate of drug-likeness (QED) is 0.204. The van der Waals surface area contributed by atoms with E-state index in [1.165, 1.54) is 48.5 Å². The molecule has 0 bridgehead atoms. The fourth-order valence-electron chi connectivity index (χ4n) is 4.14. The Bertz CT molecular complexity index is 2060. The van der Waals surface area contributed by atoms with E-state index in [1.807, 2.05) is 10.5 Å². The molecule has 3 aromatic heterocycles. The van der Waals surface area contributed by atoms with Gasteiger partial charge in [-0.2, -0.15) is 23.0 Å². The molecule has 3 heterocycles. The standard InChI is InChI=1S/C30H22F4N6O4S/c31-24-6-2-20(3-7-24)1-4-22-16-23(28(41)36-17-21-9-12-39-14-11-35-27(39)15-21)5-8-26(22)45(43,44)18-25-10-13-40(38-25)29(42)37-19-30(32,33)34/h2-3,5-16H,17-19H2,(H,36,41)(H,37,42). The average molecular weight is 639 g/mol. The van der Waals surface area contributed by atoms with Crippen LogP contribution in [0.25, 0.3) is 5.65 Å². The van der Waals surface area contributed by atoms with Crippen LogP contribution in [-0.2, 0) is 22.1 Å². The predicted octanol–water partition coefficient (Wildman–Crippen LogP) is 4.09. The normalized spacial score (nSPS) is 11.6. The Morgan fingerprint density at radius 3 is 2.44 bits per heavy atom. The van der Waals surface area contributed by atoms with Gasteiger partial charge in [0.2, 0.25) is 0 Å². The zero-order valence-electron chi connectivity index (χ0n) is 23.0. The molecule has 5 aromatic rings. The van der Waals surface area contributed by atoms with Crippen LogP contribution in [0, 0.1) is 17.7 Å². The number of benzene rings is 2. The predicted molar refractivity (Wildman–Crippen MR) is 153 cm³/mol. The van der Waals surface area contributed by atoms with Crippen LogP contribution in [0.5, 0.6) is 0 Å². The van der Waals surface area contributed by atoms with E-state index in [-0.39, 0.29) is 28.3 Å². The summed E-state index contributed by atoms with van der Waals surface area (Å²) in [5.41, 5.74) is 1.82. The number of hydrogen-bond acceptors (Lipinski definition) is 6. The van der Waals surface area contributed by atoms with Gasteiger partial charge in [0.25, 0.3) is 5.91 Å². The number of hydrogen-bond donors (Lipinski definition) is 2. The van der Waals surface area contributed by atoms with Crippen molar-refractivity contribution in [2.24, 2.45) is 0 Å². The average Bonchev–Trinajstić information content (AvgIpc) is 3.67. The number of carbonyl (C=O) groups is 2. The van der Waals surface area contributed by atoms with E-state index in [0.717, 1.165) is 11.8 Å². The van der Waals surface area contributed by atoms with Gasteiger partial charge in [0.05, 0.1) is 16.3 Å². The Labute approximate surface area is 253 Å². The van der Waals surface area contributed by atoms with Gasteiger partial charge >= 0.3 is 12.2 Å². The lowest BCUT2D eigenvalue weighted by Crippen LogP contribution is -2.36. The number of pyridine rings is 1. The third kappa shape index (κ3) is 7.92. The van der Waals surface area contributed by atoms with Gasteiger partial charge < -0.3 is 15.0 Å². The lowest BCUT2D eigenvalue weighted by molar-refractivity contribution is -0.122. The molecule has 15 heteroatoms. The number of aromatic nitrogens is 4. The number of alkyl halides is 3. The van der Waals surface area contributed by atoms with Crippen molar-refractivity contribution in [3.63, 3.8) is 0 Å². The summed E-state index contributed by atoms with van der Waals surface area (Å²) in [4.78, 5) is 29.0. The first-order valence-corrected chi connectivity index (χ1v) is 14.8. The monoisotopic (exact) mass is 638 g/mol. The highest BCUT2D eigenvalue weighted by atomic mass is 32.2. The summed E-state index contributed by atoms with van der Waals surface area (Å²) >= 11 is 0. The lowest BCUT2D eigenvalue weighted by atomic mass is 10.1. The van der Waals surface area contributed by atoms with Crippen LogP contribution >= 0.6 is 0 Å². The van der Waals surface area contributed by atoms with Gasteiger partial charge in [-0.3, -0.25) is 4.79 Å². The lowest BCUT2D eigenvalue weighted by Gasteiger charge is -2.10. The number of nitrogens with zero attached hydrogens (tertiary/aromatic N) is 4. The summed E-state index contributed by atoms with van der Waals surface area (Å²) in [5.74, 6) is 3.79. The highest BCUT2D eigenvalue weighted by molar-refractivity contribution is 7.90. The first-order chi connectivity index (χ1) is 21.4. The van der Waals surface area contributed by atoms with E-state index < -0.39 is 46.1 Å². The fraction of sp³-hybridized carbons (Fsp3) is 0.133. The van der Waals surface area contributed by atoms with Crippen LogP contribution in [0.3, 0.4) is 0 Å². The van der Waals surface area contributed by atoms with Gasteiger partial charge in [-0.15, -0.1) is 0 Å². The maximum Gasteiger partial charge on any atom is 0.405 e. The zero-order valence-corrected chi connectivity index (χ0v) is 23.9. The van der Waals surface area contributed by atoms with Gasteiger partial charge in [-0.1, -0.05) is 11.8 Å². The molecular weight excluding hydrogens is 616 g/mol. The molecule has 2 aromatic carbocycles. The number of carbonyl (C=O) groups excluding carboxylic acids is 2. The smallest absolute Gasteiger partial charge is 0.348 e. The molecule has 10 nitrogen and oxygen atoms in total. The summed E-state index contributed by atoms with van der Waals surface area (Å²) < 4.78 is 80.0. The Morgan fingerprint density at radius 1 is 0.911 bits per heavy atom. The van der Waals surface area contributed by atoms with Crippen molar-refractivity contribution in [3.05, 3.63) is 119 Å².